The molecule has 1 aliphatic rings. The summed E-state index contributed by atoms with van der Waals surface area (Å²) in [6, 6.07) is 129. The van der Waals surface area contributed by atoms with Crippen molar-refractivity contribution in [2.45, 2.75) is 33.1 Å². The van der Waals surface area contributed by atoms with E-state index >= 15 is 0 Å². The summed E-state index contributed by atoms with van der Waals surface area (Å²) < 4.78 is 26.5. The fraction of sp³-hybridized carbons (Fsp3) is 0.0446. The lowest BCUT2D eigenvalue weighted by atomic mass is 9.79. The minimum atomic E-state index is -0.0546. The largest absolute Gasteiger partial charge is 0.456 e. The van der Waals surface area contributed by atoms with Crippen LogP contribution in [0.15, 0.2) is 390 Å². The fourth-order valence-corrected chi connectivity index (χ4v) is 19.9. The van der Waals surface area contributed by atoms with E-state index < -0.39 is 0 Å². The second-order valence-corrected chi connectivity index (χ2v) is 32.5. The molecule has 9 aromatic heterocycles. The molecule has 0 unspecified atom stereocenters. The number of nitrogens with zero attached hydrogens (tertiary/aromatic N) is 6. The smallest absolute Gasteiger partial charge is 0.160 e. The molecule has 0 bridgehead atoms. The summed E-state index contributed by atoms with van der Waals surface area (Å²) in [6.07, 6.45) is 3.72. The van der Waals surface area contributed by atoms with Crippen molar-refractivity contribution in [2.24, 2.45) is 0 Å². The number of hydrogen-bond donors (Lipinski definition) is 0. The molecule has 570 valence electrons. The molecule has 0 aliphatic heterocycles. The van der Waals surface area contributed by atoms with Crippen molar-refractivity contribution in [1.29, 1.82) is 0 Å². The molecule has 26 rings (SSSR count). The Balaban J connectivity index is 0.000000103. The van der Waals surface area contributed by atoms with Crippen LogP contribution in [0.3, 0.4) is 0 Å². The molecule has 0 fully saturated rings. The van der Waals surface area contributed by atoms with Crippen LogP contribution < -0.4 is 0 Å². The van der Waals surface area contributed by atoms with Gasteiger partial charge in [-0.15, -0.1) is 0 Å². The maximum atomic E-state index is 6.58. The number of benzene rings is 16. The van der Waals surface area contributed by atoms with Crippen molar-refractivity contribution >= 4 is 153 Å². The maximum Gasteiger partial charge on any atom is 0.160 e. The summed E-state index contributed by atoms with van der Waals surface area (Å²) in [5, 5.41) is 17.6. The highest BCUT2D eigenvalue weighted by atomic mass is 16.3. The lowest BCUT2D eigenvalue weighted by Gasteiger charge is -2.24. The first-order valence-electron chi connectivity index (χ1n) is 41.4. The zero-order chi connectivity index (χ0) is 80.3. The zero-order valence-electron chi connectivity index (χ0n) is 66.7. The molecule has 16 aromatic carbocycles. The molecule has 1 aliphatic carbocycles. The lowest BCUT2D eigenvalue weighted by Crippen LogP contribution is -2.16. The summed E-state index contributed by atoms with van der Waals surface area (Å²) in [5.41, 5.74) is 32.9. The van der Waals surface area contributed by atoms with Gasteiger partial charge in [-0.25, -0.2) is 4.98 Å². The predicted octanol–water partition coefficient (Wildman–Crippen LogP) is 30.1. The molecule has 9 heterocycles. The highest BCUT2D eigenvalue weighted by Crippen LogP contribution is 2.53. The third-order valence-electron chi connectivity index (χ3n) is 25.3. The highest BCUT2D eigenvalue weighted by molar-refractivity contribution is 6.26. The molecule has 9 heteroatoms. The van der Waals surface area contributed by atoms with Crippen LogP contribution >= 0.6 is 0 Å². The predicted molar refractivity (Wildman–Crippen MR) is 501 cm³/mol. The monoisotopic (exact) mass is 1550 g/mol. The quantitative estimate of drug-likeness (QED) is 0.148. The van der Waals surface area contributed by atoms with E-state index in [1.165, 1.54) is 82.1 Å². The van der Waals surface area contributed by atoms with Gasteiger partial charge in [0, 0.05) is 122 Å². The van der Waals surface area contributed by atoms with Crippen LogP contribution in [0, 0.1) is 13.8 Å². The highest BCUT2D eigenvalue weighted by Gasteiger charge is 2.37. The molecule has 0 amide bonds. The number of rotatable bonds is 7. The molecule has 0 saturated heterocycles. The number of pyridine rings is 3. The molecule has 0 radical (unpaired) electrons. The van der Waals surface area contributed by atoms with Crippen LogP contribution in [0.1, 0.15) is 36.1 Å². The average Bonchev–Trinajstić information content (AvgIpc) is 1.57. The Kier molecular flexibility index (Phi) is 15.6. The molecule has 25 aromatic rings. The van der Waals surface area contributed by atoms with Crippen LogP contribution in [-0.4, -0.2) is 28.7 Å². The maximum absolute atomic E-state index is 6.58. The number of furan rings is 3. The van der Waals surface area contributed by atoms with Gasteiger partial charge < -0.3 is 27.0 Å². The number of para-hydroxylation sites is 7. The van der Waals surface area contributed by atoms with Gasteiger partial charge in [0.15, 0.2) is 11.2 Å². The van der Waals surface area contributed by atoms with Crippen molar-refractivity contribution < 1.29 is 13.3 Å². The van der Waals surface area contributed by atoms with E-state index in [1.807, 2.05) is 54.9 Å². The average molecular weight is 1550 g/mol. The van der Waals surface area contributed by atoms with E-state index in [2.05, 4.69) is 363 Å². The minimum absolute atomic E-state index is 0.0546. The Morgan fingerprint density at radius 1 is 0.264 bits per heavy atom. The first-order chi connectivity index (χ1) is 59.6. The summed E-state index contributed by atoms with van der Waals surface area (Å²) in [5.74, 6) is 0. The Morgan fingerprint density at radius 3 is 1.33 bits per heavy atom. The third kappa shape index (κ3) is 10.8. The van der Waals surface area contributed by atoms with Crippen LogP contribution in [0.4, 0.5) is 0 Å². The van der Waals surface area contributed by atoms with E-state index in [0.29, 0.717) is 0 Å². The van der Waals surface area contributed by atoms with Crippen LogP contribution in [-0.2, 0) is 5.41 Å². The fourth-order valence-electron chi connectivity index (χ4n) is 19.9. The first-order valence-corrected chi connectivity index (χ1v) is 41.4. The molecule has 0 N–H and O–H groups in total. The van der Waals surface area contributed by atoms with Crippen LogP contribution in [0.2, 0.25) is 0 Å². The second-order valence-electron chi connectivity index (χ2n) is 32.5. The van der Waals surface area contributed by atoms with E-state index in [9.17, 15) is 0 Å². The summed E-state index contributed by atoms with van der Waals surface area (Å²) >= 11 is 0. The van der Waals surface area contributed by atoms with E-state index in [4.69, 9.17) is 28.2 Å². The Bertz CT molecular complexity index is 8550. The van der Waals surface area contributed by atoms with E-state index in [0.717, 1.165) is 166 Å². The standard InChI is InChI=1S/C39H27NO.C37H22N2O.C36H25N3O/c1-39(2)33-15-6-3-10-27(33)30-14-9-13-26(36(30)39)24-18-20-25(21-19-24)40-34-16-7-4-11-28(34)31-22-23-32-29-12-5-8-17-35(29)41-38(32)37(31)40;1-2-15-28-25(12-1)26-13-3-6-17-31(26)38-36(28)23-10-9-11-24(22-23)39-32-18-7-4-14-27(32)29-20-21-34-35(37(29)39)30-16-5-8-19-33(30)40-34;1-22-9-7-17-37-33(22)24-19-25(34-23(2)10-8-18-38-34)21-26(20-24)39-31-13-5-3-11-27(31)29-15-16-30-28-12-4-6-14-32(28)40-36(30)35(29)39/h3-23H,1-2H3;1-22H;3-21H,1-2H3. The normalized spacial score (nSPS) is 12.5. The molecule has 9 nitrogen and oxygen atoms in total. The van der Waals surface area contributed by atoms with Gasteiger partial charge in [0.05, 0.1) is 61.1 Å². The SMILES string of the molecule is CC1(C)c2ccccc2-c2cccc(-c3ccc(-n4c5ccccc5c5ccc6c7ccccc7oc6c54)cc3)c21.Cc1cccnc1-c1cc(-c2ncccc2C)cc(-n2c3ccccc3c3ccc4c5ccccc5oc4c32)c1.c1cc(-c2nc3ccccc3c3ccccc23)cc(-n2c3ccccc3c3ccc4oc5ccccc5c4c32)c1. The second kappa shape index (κ2) is 27.2. The van der Waals surface area contributed by atoms with Crippen molar-refractivity contribution in [3.05, 3.63) is 399 Å². The number of fused-ring (bicyclic) bond motifs is 27. The van der Waals surface area contributed by atoms with Crippen molar-refractivity contribution in [1.82, 2.24) is 28.7 Å². The third-order valence-corrected chi connectivity index (χ3v) is 25.3. The molecule has 121 heavy (non-hydrogen) atoms. The Hall–Kier alpha value is -15.7. The number of aryl methyl sites for hydroxylation is 2. The van der Waals surface area contributed by atoms with Gasteiger partial charge in [-0.2, -0.15) is 0 Å². The number of aromatic nitrogens is 6. The summed E-state index contributed by atoms with van der Waals surface area (Å²) in [6.45, 7) is 8.93. The Labute approximate surface area is 695 Å². The topological polar surface area (TPSA) is 92.9 Å². The van der Waals surface area contributed by atoms with Gasteiger partial charge in [0.1, 0.15) is 22.3 Å². The minimum Gasteiger partial charge on any atom is -0.456 e. The van der Waals surface area contributed by atoms with Crippen molar-refractivity contribution in [3.63, 3.8) is 0 Å². The van der Waals surface area contributed by atoms with Gasteiger partial charge in [0.2, 0.25) is 0 Å². The Morgan fingerprint density at radius 2 is 0.719 bits per heavy atom. The molecule has 0 spiro atoms. The summed E-state index contributed by atoms with van der Waals surface area (Å²) in [7, 11) is 0. The summed E-state index contributed by atoms with van der Waals surface area (Å²) in [4.78, 5) is 14.7. The van der Waals surface area contributed by atoms with Crippen LogP contribution in [0.5, 0.6) is 0 Å². The lowest BCUT2D eigenvalue weighted by molar-refractivity contribution is 0.662. The molecular formula is C112H74N6O3. The number of hydrogen-bond acceptors (Lipinski definition) is 6. The van der Waals surface area contributed by atoms with Crippen molar-refractivity contribution in [2.75, 3.05) is 0 Å². The zero-order valence-corrected chi connectivity index (χ0v) is 66.7. The van der Waals surface area contributed by atoms with Gasteiger partial charge in [-0.05, 0) is 185 Å². The first kappa shape index (κ1) is 69.6. The van der Waals surface area contributed by atoms with Gasteiger partial charge in [-0.1, -0.05) is 257 Å². The molecular weight excluding hydrogens is 1480 g/mol. The van der Waals surface area contributed by atoms with Gasteiger partial charge in [0.25, 0.3) is 0 Å². The van der Waals surface area contributed by atoms with E-state index in [1.54, 1.807) is 0 Å². The van der Waals surface area contributed by atoms with Crippen molar-refractivity contribution in [3.8, 4) is 73.1 Å². The molecule has 0 atom stereocenters. The van der Waals surface area contributed by atoms with E-state index in [-0.39, 0.29) is 5.41 Å². The van der Waals surface area contributed by atoms with Crippen LogP contribution in [0.25, 0.3) is 226 Å². The van der Waals surface area contributed by atoms with Gasteiger partial charge in [-0.3, -0.25) is 9.97 Å². The molecule has 0 saturated carbocycles. The van der Waals surface area contributed by atoms with Gasteiger partial charge >= 0.3 is 0 Å².